The van der Waals surface area contributed by atoms with Gasteiger partial charge in [-0.15, -0.1) is 0 Å². The van der Waals surface area contributed by atoms with Crippen LogP contribution in [0.4, 0.5) is 0 Å². The molecule has 0 bridgehead atoms. The molecule has 1 amide bonds. The molecule has 0 saturated heterocycles. The van der Waals surface area contributed by atoms with Crippen molar-refractivity contribution in [1.82, 2.24) is 14.9 Å². The Bertz CT molecular complexity index is 1300. The molecular weight excluding hydrogens is 474 g/mol. The molecule has 0 saturated carbocycles. The third-order valence-electron chi connectivity index (χ3n) is 5.96. The Labute approximate surface area is 217 Å². The molecule has 4 aromatic rings. The van der Waals surface area contributed by atoms with E-state index in [-0.39, 0.29) is 18.6 Å². The lowest BCUT2D eigenvalue weighted by Gasteiger charge is -2.17. The fourth-order valence-electron chi connectivity index (χ4n) is 4.18. The highest BCUT2D eigenvalue weighted by Crippen LogP contribution is 2.26. The Morgan fingerprint density at radius 2 is 1.69 bits per heavy atom. The molecule has 1 heterocycles. The summed E-state index contributed by atoms with van der Waals surface area (Å²) in [5.74, 6) is 2.51. The standard InChI is InChI=1S/C29H32ClN3O3/c1-20(2)24-9-4-7-12-27(24)35-18-8-17-33-26-11-6-5-10-25(26)32-29(33)21(3)31-28(34)19-36-23-15-13-22(30)14-16-23/h4-7,9-16,20-21H,8,17-19H2,1-3H3,(H,31,34). The Morgan fingerprint density at radius 1 is 0.972 bits per heavy atom. The molecule has 4 rings (SSSR count). The second-order valence-corrected chi connectivity index (χ2v) is 9.47. The summed E-state index contributed by atoms with van der Waals surface area (Å²) in [4.78, 5) is 17.4. The minimum Gasteiger partial charge on any atom is -0.493 e. The summed E-state index contributed by atoms with van der Waals surface area (Å²) in [5.41, 5.74) is 3.15. The van der Waals surface area contributed by atoms with Gasteiger partial charge in [-0.05, 0) is 67.3 Å². The molecule has 1 N–H and O–H groups in total. The lowest BCUT2D eigenvalue weighted by molar-refractivity contribution is -0.123. The molecule has 1 unspecified atom stereocenters. The summed E-state index contributed by atoms with van der Waals surface area (Å²) in [7, 11) is 0. The zero-order valence-corrected chi connectivity index (χ0v) is 21.7. The number of amides is 1. The van der Waals surface area contributed by atoms with E-state index in [1.165, 1.54) is 5.56 Å². The zero-order valence-electron chi connectivity index (χ0n) is 20.9. The second-order valence-electron chi connectivity index (χ2n) is 9.04. The van der Waals surface area contributed by atoms with E-state index >= 15 is 0 Å². The van der Waals surface area contributed by atoms with E-state index in [0.29, 0.717) is 23.3 Å². The van der Waals surface area contributed by atoms with Crippen molar-refractivity contribution < 1.29 is 14.3 Å². The highest BCUT2D eigenvalue weighted by atomic mass is 35.5. The zero-order chi connectivity index (χ0) is 25.5. The second kappa shape index (κ2) is 12.0. The van der Waals surface area contributed by atoms with Crippen molar-refractivity contribution in [2.45, 2.75) is 45.7 Å². The van der Waals surface area contributed by atoms with Crippen LogP contribution in [0.15, 0.2) is 72.8 Å². The largest absolute Gasteiger partial charge is 0.493 e. The summed E-state index contributed by atoms with van der Waals surface area (Å²) in [6.45, 7) is 7.50. The molecule has 1 aromatic heterocycles. The fraction of sp³-hybridized carbons (Fsp3) is 0.310. The Morgan fingerprint density at radius 3 is 2.47 bits per heavy atom. The van der Waals surface area contributed by atoms with E-state index in [9.17, 15) is 4.79 Å². The van der Waals surface area contributed by atoms with Crippen LogP contribution in [0.1, 0.15) is 50.5 Å². The van der Waals surface area contributed by atoms with Crippen LogP contribution < -0.4 is 14.8 Å². The molecule has 3 aromatic carbocycles. The molecule has 0 spiro atoms. The Hall–Kier alpha value is -3.51. The van der Waals surface area contributed by atoms with Crippen LogP contribution in [0.5, 0.6) is 11.5 Å². The van der Waals surface area contributed by atoms with E-state index in [0.717, 1.165) is 35.6 Å². The highest BCUT2D eigenvalue weighted by molar-refractivity contribution is 6.30. The molecule has 36 heavy (non-hydrogen) atoms. The maximum Gasteiger partial charge on any atom is 0.258 e. The Kier molecular flexibility index (Phi) is 8.49. The summed E-state index contributed by atoms with van der Waals surface area (Å²) < 4.78 is 13.9. The lowest BCUT2D eigenvalue weighted by atomic mass is 10.0. The monoisotopic (exact) mass is 505 g/mol. The molecule has 0 aliphatic rings. The molecule has 7 heteroatoms. The highest BCUT2D eigenvalue weighted by Gasteiger charge is 2.19. The predicted octanol–water partition coefficient (Wildman–Crippen LogP) is 6.54. The van der Waals surface area contributed by atoms with Crippen LogP contribution in [0.3, 0.4) is 0 Å². The van der Waals surface area contributed by atoms with Crippen molar-refractivity contribution in [1.29, 1.82) is 0 Å². The molecule has 0 aliphatic carbocycles. The van der Waals surface area contributed by atoms with Crippen molar-refractivity contribution in [3.05, 3.63) is 89.2 Å². The first-order valence-corrected chi connectivity index (χ1v) is 12.6. The number of rotatable bonds is 11. The van der Waals surface area contributed by atoms with E-state index in [2.05, 4.69) is 35.9 Å². The maximum absolute atomic E-state index is 12.6. The minimum absolute atomic E-state index is 0.0880. The topological polar surface area (TPSA) is 65.4 Å². The van der Waals surface area contributed by atoms with E-state index in [4.69, 9.17) is 26.1 Å². The Balaban J connectivity index is 1.40. The number of imidazole rings is 1. The molecule has 0 radical (unpaired) electrons. The van der Waals surface area contributed by atoms with Crippen LogP contribution in [0.25, 0.3) is 11.0 Å². The van der Waals surface area contributed by atoms with Crippen molar-refractivity contribution in [3.63, 3.8) is 0 Å². The minimum atomic E-state index is -0.290. The van der Waals surface area contributed by atoms with Gasteiger partial charge in [-0.1, -0.05) is 55.8 Å². The van der Waals surface area contributed by atoms with Gasteiger partial charge in [-0.25, -0.2) is 4.98 Å². The van der Waals surface area contributed by atoms with Crippen LogP contribution in [-0.2, 0) is 11.3 Å². The number of fused-ring (bicyclic) bond motifs is 1. The van der Waals surface area contributed by atoms with Gasteiger partial charge in [0.1, 0.15) is 17.3 Å². The van der Waals surface area contributed by atoms with Gasteiger partial charge in [0, 0.05) is 11.6 Å². The molecule has 6 nitrogen and oxygen atoms in total. The first-order valence-electron chi connectivity index (χ1n) is 12.3. The van der Waals surface area contributed by atoms with Gasteiger partial charge in [0.15, 0.2) is 6.61 Å². The number of halogens is 1. The van der Waals surface area contributed by atoms with E-state index < -0.39 is 0 Å². The molecular formula is C29H32ClN3O3. The summed E-state index contributed by atoms with van der Waals surface area (Å²) >= 11 is 5.90. The van der Waals surface area contributed by atoms with Crippen LogP contribution in [0, 0.1) is 0 Å². The van der Waals surface area contributed by atoms with E-state index in [1.54, 1.807) is 24.3 Å². The van der Waals surface area contributed by atoms with Gasteiger partial charge < -0.3 is 19.4 Å². The van der Waals surface area contributed by atoms with Gasteiger partial charge in [0.25, 0.3) is 5.91 Å². The lowest BCUT2D eigenvalue weighted by Crippen LogP contribution is -2.32. The number of nitrogens with zero attached hydrogens (tertiary/aromatic N) is 2. The predicted molar refractivity (Wildman–Crippen MR) is 144 cm³/mol. The summed E-state index contributed by atoms with van der Waals surface area (Å²) in [6, 6.07) is 22.8. The van der Waals surface area contributed by atoms with Crippen molar-refractivity contribution in [2.75, 3.05) is 13.2 Å². The van der Waals surface area contributed by atoms with Gasteiger partial charge in [0.2, 0.25) is 0 Å². The number of carbonyl (C=O) groups excluding carboxylic acids is 1. The number of nitrogens with one attached hydrogen (secondary N) is 1. The SMILES string of the molecule is CC(C)c1ccccc1OCCCn1c(C(C)NC(=O)COc2ccc(Cl)cc2)nc2ccccc21. The fourth-order valence-corrected chi connectivity index (χ4v) is 4.31. The maximum atomic E-state index is 12.6. The van der Waals surface area contributed by atoms with Gasteiger partial charge in [-0.2, -0.15) is 0 Å². The van der Waals surface area contributed by atoms with E-state index in [1.807, 2.05) is 43.3 Å². The first-order chi connectivity index (χ1) is 17.4. The van der Waals surface area contributed by atoms with Crippen molar-refractivity contribution >= 4 is 28.5 Å². The van der Waals surface area contributed by atoms with Gasteiger partial charge >= 0.3 is 0 Å². The average Bonchev–Trinajstić information content (AvgIpc) is 3.25. The number of carbonyl (C=O) groups is 1. The third kappa shape index (κ3) is 6.38. The van der Waals surface area contributed by atoms with Gasteiger partial charge in [0.05, 0.1) is 23.7 Å². The third-order valence-corrected chi connectivity index (χ3v) is 6.21. The number of aromatic nitrogens is 2. The average molecular weight is 506 g/mol. The van der Waals surface area contributed by atoms with Crippen LogP contribution >= 0.6 is 11.6 Å². The number of ether oxygens (including phenoxy) is 2. The number of benzene rings is 3. The van der Waals surface area contributed by atoms with Crippen LogP contribution in [-0.4, -0.2) is 28.7 Å². The molecule has 1 atom stereocenters. The van der Waals surface area contributed by atoms with Crippen molar-refractivity contribution in [3.8, 4) is 11.5 Å². The molecule has 0 fully saturated rings. The quantitative estimate of drug-likeness (QED) is 0.235. The summed E-state index contributed by atoms with van der Waals surface area (Å²) in [5, 5.41) is 3.63. The van der Waals surface area contributed by atoms with Gasteiger partial charge in [-0.3, -0.25) is 4.79 Å². The number of hydrogen-bond acceptors (Lipinski definition) is 4. The normalized spacial score (nSPS) is 12.0. The smallest absolute Gasteiger partial charge is 0.258 e. The summed E-state index contributed by atoms with van der Waals surface area (Å²) in [6.07, 6.45) is 0.806. The number of hydrogen-bond donors (Lipinski definition) is 1. The molecule has 188 valence electrons. The van der Waals surface area contributed by atoms with Crippen molar-refractivity contribution in [2.24, 2.45) is 0 Å². The number of para-hydroxylation sites is 3. The van der Waals surface area contributed by atoms with Crippen LogP contribution in [0.2, 0.25) is 5.02 Å². The molecule has 0 aliphatic heterocycles. The first kappa shape index (κ1) is 25.6. The number of aryl methyl sites for hydroxylation is 1.